The number of rotatable bonds is 4. The first kappa shape index (κ1) is 22.8. The first-order valence-electron chi connectivity index (χ1n) is 10.5. The average Bonchev–Trinajstić information content (AvgIpc) is 2.77. The number of hydrogen-bond acceptors (Lipinski definition) is 5. The predicted molar refractivity (Wildman–Crippen MR) is 116 cm³/mol. The lowest BCUT2D eigenvalue weighted by Crippen LogP contribution is -2.45. The third-order valence-electron chi connectivity index (χ3n) is 5.93. The van der Waals surface area contributed by atoms with Gasteiger partial charge in [0.15, 0.2) is 5.78 Å². The number of alkyl halides is 3. The lowest BCUT2D eigenvalue weighted by Gasteiger charge is -2.38. The molecule has 33 heavy (non-hydrogen) atoms. The van der Waals surface area contributed by atoms with Gasteiger partial charge in [0.25, 0.3) is 0 Å². The summed E-state index contributed by atoms with van der Waals surface area (Å²) in [6.07, 6.45) is -4.64. The summed E-state index contributed by atoms with van der Waals surface area (Å²) < 4.78 is 46.5. The van der Waals surface area contributed by atoms with E-state index in [0.717, 1.165) is 11.6 Å². The second kappa shape index (κ2) is 8.86. The molecule has 0 aromatic heterocycles. The molecule has 1 unspecified atom stereocenters. The van der Waals surface area contributed by atoms with E-state index in [-0.39, 0.29) is 29.0 Å². The highest BCUT2D eigenvalue weighted by Crippen LogP contribution is 2.45. The topological polar surface area (TPSA) is 58.6 Å². The number of carbonyl (C=O) groups excluding carboxylic acids is 2. The normalized spacial score (nSPS) is 19.3. The molecule has 2 heterocycles. The van der Waals surface area contributed by atoms with Crippen molar-refractivity contribution in [3.05, 3.63) is 93.8 Å². The number of nitrogens with zero attached hydrogens (tertiary/aromatic N) is 1. The fourth-order valence-corrected chi connectivity index (χ4v) is 4.57. The van der Waals surface area contributed by atoms with Crippen molar-refractivity contribution in [2.45, 2.75) is 25.6 Å². The molecule has 0 saturated carbocycles. The van der Waals surface area contributed by atoms with Crippen LogP contribution in [0.15, 0.2) is 77.1 Å². The van der Waals surface area contributed by atoms with Crippen LogP contribution < -0.4 is 5.32 Å². The summed E-state index contributed by atoms with van der Waals surface area (Å²) >= 11 is 0. The van der Waals surface area contributed by atoms with Gasteiger partial charge in [0, 0.05) is 36.0 Å². The fourth-order valence-electron chi connectivity index (χ4n) is 4.57. The Morgan fingerprint density at radius 3 is 2.42 bits per heavy atom. The molecule has 2 aromatic carbocycles. The van der Waals surface area contributed by atoms with Gasteiger partial charge >= 0.3 is 12.1 Å². The smallest absolute Gasteiger partial charge is 0.416 e. The first-order chi connectivity index (χ1) is 15.7. The van der Waals surface area contributed by atoms with Gasteiger partial charge in [-0.3, -0.25) is 9.69 Å². The second-order valence-corrected chi connectivity index (χ2v) is 8.12. The van der Waals surface area contributed by atoms with Crippen LogP contribution in [0.1, 0.15) is 29.5 Å². The summed E-state index contributed by atoms with van der Waals surface area (Å²) in [5.41, 5.74) is 1.08. The zero-order valence-corrected chi connectivity index (χ0v) is 18.2. The van der Waals surface area contributed by atoms with E-state index in [2.05, 4.69) is 5.32 Å². The maximum atomic E-state index is 13.9. The van der Waals surface area contributed by atoms with Crippen LogP contribution in [0.5, 0.6) is 0 Å². The fraction of sp³-hybridized carbons (Fsp3) is 0.280. The van der Waals surface area contributed by atoms with E-state index < -0.39 is 23.6 Å². The Kier molecular flexibility index (Phi) is 6.12. The number of carbonyl (C=O) groups is 2. The molecular formula is C25H23F3N2O3. The summed E-state index contributed by atoms with van der Waals surface area (Å²) in [5.74, 6) is -2.26. The van der Waals surface area contributed by atoms with Gasteiger partial charge in [0.1, 0.15) is 0 Å². The molecule has 0 radical (unpaired) electrons. The Morgan fingerprint density at radius 2 is 1.76 bits per heavy atom. The van der Waals surface area contributed by atoms with Gasteiger partial charge in [-0.2, -0.15) is 13.2 Å². The molecule has 8 heteroatoms. The van der Waals surface area contributed by atoms with Gasteiger partial charge in [0.05, 0.1) is 24.8 Å². The van der Waals surface area contributed by atoms with Crippen molar-refractivity contribution in [3.8, 4) is 0 Å². The molecule has 1 atom stereocenters. The van der Waals surface area contributed by atoms with Crippen molar-refractivity contribution < 1.29 is 27.5 Å². The first-order valence-corrected chi connectivity index (χ1v) is 10.5. The maximum Gasteiger partial charge on any atom is 0.416 e. The van der Waals surface area contributed by atoms with Crippen molar-refractivity contribution in [1.82, 2.24) is 10.2 Å². The summed E-state index contributed by atoms with van der Waals surface area (Å²) in [6.45, 7) is 2.50. The summed E-state index contributed by atoms with van der Waals surface area (Å²) in [7, 11) is 1.17. The van der Waals surface area contributed by atoms with E-state index in [1.165, 1.54) is 25.3 Å². The number of methoxy groups -OCH3 is 1. The van der Waals surface area contributed by atoms with E-state index in [9.17, 15) is 22.8 Å². The van der Waals surface area contributed by atoms with E-state index >= 15 is 0 Å². The SMILES string of the molecule is COC(=O)C1=C(C)NC2=C(C(=O)CN(Cc3ccccc3)C2)C1c1ccccc1C(F)(F)F. The molecule has 1 N–H and O–H groups in total. The zero-order chi connectivity index (χ0) is 23.8. The van der Waals surface area contributed by atoms with Gasteiger partial charge in [0.2, 0.25) is 0 Å². The van der Waals surface area contributed by atoms with E-state index in [1.54, 1.807) is 6.92 Å². The third kappa shape index (κ3) is 4.43. The van der Waals surface area contributed by atoms with Crippen LogP contribution in [0, 0.1) is 0 Å². The monoisotopic (exact) mass is 456 g/mol. The molecular weight excluding hydrogens is 433 g/mol. The summed E-state index contributed by atoms with van der Waals surface area (Å²) in [6, 6.07) is 14.7. The maximum absolute atomic E-state index is 13.9. The van der Waals surface area contributed by atoms with Gasteiger partial charge in [-0.25, -0.2) is 4.79 Å². The van der Waals surface area contributed by atoms with Crippen molar-refractivity contribution in [2.75, 3.05) is 20.2 Å². The summed E-state index contributed by atoms with van der Waals surface area (Å²) in [5, 5.41) is 3.10. The molecule has 5 nitrogen and oxygen atoms in total. The molecule has 0 bridgehead atoms. The number of hydrogen-bond donors (Lipinski definition) is 1. The van der Waals surface area contributed by atoms with Crippen LogP contribution in [-0.4, -0.2) is 36.9 Å². The number of nitrogens with one attached hydrogen (secondary N) is 1. The molecule has 172 valence electrons. The Bertz CT molecular complexity index is 1150. The predicted octanol–water partition coefficient (Wildman–Crippen LogP) is 4.18. The van der Waals surface area contributed by atoms with E-state index in [1.807, 2.05) is 35.2 Å². The molecule has 2 aliphatic heterocycles. The van der Waals surface area contributed by atoms with Crippen LogP contribution >= 0.6 is 0 Å². The van der Waals surface area contributed by atoms with Crippen LogP contribution in [0.25, 0.3) is 0 Å². The van der Waals surface area contributed by atoms with Crippen LogP contribution in [0.2, 0.25) is 0 Å². The van der Waals surface area contributed by atoms with Gasteiger partial charge in [-0.05, 0) is 24.1 Å². The highest BCUT2D eigenvalue weighted by atomic mass is 19.4. The van der Waals surface area contributed by atoms with Crippen molar-refractivity contribution in [2.24, 2.45) is 0 Å². The molecule has 0 saturated heterocycles. The molecule has 0 fully saturated rings. The van der Waals surface area contributed by atoms with Crippen molar-refractivity contribution in [3.63, 3.8) is 0 Å². The molecule has 2 aromatic rings. The highest BCUT2D eigenvalue weighted by molar-refractivity contribution is 6.05. The zero-order valence-electron chi connectivity index (χ0n) is 18.2. The van der Waals surface area contributed by atoms with E-state index in [4.69, 9.17) is 4.74 Å². The number of halogens is 3. The van der Waals surface area contributed by atoms with Crippen molar-refractivity contribution >= 4 is 11.8 Å². The van der Waals surface area contributed by atoms with Gasteiger partial charge in [-0.1, -0.05) is 48.5 Å². The highest BCUT2D eigenvalue weighted by Gasteiger charge is 2.44. The standard InChI is InChI=1S/C25H23F3N2O3/c1-15-21(24(32)33-2)22(17-10-6-7-11-18(17)25(26,27)28)23-19(29-15)13-30(14-20(23)31)12-16-8-4-3-5-9-16/h3-11,22,29H,12-14H2,1-2H3. The van der Waals surface area contributed by atoms with Crippen LogP contribution in [0.3, 0.4) is 0 Å². The third-order valence-corrected chi connectivity index (χ3v) is 5.93. The van der Waals surface area contributed by atoms with Crippen LogP contribution in [0.4, 0.5) is 13.2 Å². The van der Waals surface area contributed by atoms with Gasteiger partial charge < -0.3 is 10.1 Å². The lowest BCUT2D eigenvalue weighted by molar-refractivity contribution is -0.139. The summed E-state index contributed by atoms with van der Waals surface area (Å²) in [4.78, 5) is 27.9. The average molecular weight is 456 g/mol. The Labute approximate surface area is 189 Å². The molecule has 0 aliphatic carbocycles. The quantitative estimate of drug-likeness (QED) is 0.700. The van der Waals surface area contributed by atoms with Crippen LogP contribution in [-0.2, 0) is 27.0 Å². The number of ether oxygens (including phenoxy) is 1. The minimum absolute atomic E-state index is 0.0119. The molecule has 0 amide bonds. The number of allylic oxidation sites excluding steroid dienone is 1. The minimum Gasteiger partial charge on any atom is -0.466 e. The Morgan fingerprint density at radius 1 is 1.09 bits per heavy atom. The molecule has 2 aliphatic rings. The number of esters is 1. The largest absolute Gasteiger partial charge is 0.466 e. The van der Waals surface area contributed by atoms with Gasteiger partial charge in [-0.15, -0.1) is 0 Å². The number of ketones is 1. The molecule has 0 spiro atoms. The minimum atomic E-state index is -4.64. The second-order valence-electron chi connectivity index (χ2n) is 8.12. The number of Topliss-reactive ketones (excluding diaryl/α,β-unsaturated/α-hetero) is 1. The Hall–Kier alpha value is -3.39. The van der Waals surface area contributed by atoms with Crippen molar-refractivity contribution in [1.29, 1.82) is 0 Å². The van der Waals surface area contributed by atoms with E-state index in [0.29, 0.717) is 24.5 Å². The molecule has 4 rings (SSSR count). The Balaban J connectivity index is 1.81. The number of benzene rings is 2. The number of dihydropyridines is 1. The lowest BCUT2D eigenvalue weighted by atomic mass is 9.76.